The largest absolute Gasteiger partial charge is 0.488 e. The molecule has 2 aromatic carbocycles. The van der Waals surface area contributed by atoms with Crippen LogP contribution in [-0.2, 0) is 13.2 Å². The number of benzene rings is 2. The number of amides is 1. The molecule has 2 aromatic heterocycles. The molecule has 0 aliphatic rings. The van der Waals surface area contributed by atoms with E-state index in [1.54, 1.807) is 29.8 Å². The van der Waals surface area contributed by atoms with Gasteiger partial charge < -0.3 is 14.6 Å². The van der Waals surface area contributed by atoms with Gasteiger partial charge in [0, 0.05) is 15.6 Å². The highest BCUT2D eigenvalue weighted by molar-refractivity contribution is 6.36. The summed E-state index contributed by atoms with van der Waals surface area (Å²) in [5, 5.41) is 12.6. The molecule has 0 saturated carbocycles. The van der Waals surface area contributed by atoms with Gasteiger partial charge in [0.2, 0.25) is 0 Å². The van der Waals surface area contributed by atoms with Crippen molar-refractivity contribution in [2.24, 2.45) is 0 Å². The van der Waals surface area contributed by atoms with Crippen molar-refractivity contribution in [1.82, 2.24) is 14.9 Å². The SMILES string of the molecule is Cc1cccc(C)c1OCc1c(C(=O)Nc2c(C)nn(Cc3c(Cl)cccc3Cl)c2C)noc1C. The van der Waals surface area contributed by atoms with Crippen molar-refractivity contribution in [1.29, 1.82) is 0 Å². The molecule has 0 aliphatic heterocycles. The molecule has 0 aliphatic carbocycles. The summed E-state index contributed by atoms with van der Waals surface area (Å²) in [6, 6.07) is 11.3. The second-order valence-electron chi connectivity index (χ2n) is 8.43. The van der Waals surface area contributed by atoms with Crippen LogP contribution in [0, 0.1) is 34.6 Å². The molecule has 4 rings (SSSR count). The Morgan fingerprint density at radius 3 is 2.29 bits per heavy atom. The van der Waals surface area contributed by atoms with Gasteiger partial charge in [0.1, 0.15) is 18.1 Å². The molecule has 0 spiro atoms. The number of aromatic nitrogens is 3. The van der Waals surface area contributed by atoms with Crippen LogP contribution in [0.1, 0.15) is 49.9 Å². The van der Waals surface area contributed by atoms with Gasteiger partial charge in [0.25, 0.3) is 5.91 Å². The fraction of sp³-hybridized carbons (Fsp3) is 0.269. The highest BCUT2D eigenvalue weighted by atomic mass is 35.5. The van der Waals surface area contributed by atoms with Gasteiger partial charge in [-0.05, 0) is 57.9 Å². The van der Waals surface area contributed by atoms with Crippen LogP contribution in [-0.4, -0.2) is 20.8 Å². The van der Waals surface area contributed by atoms with E-state index in [2.05, 4.69) is 15.6 Å². The summed E-state index contributed by atoms with van der Waals surface area (Å²) in [6.45, 7) is 9.96. The monoisotopic (exact) mass is 512 g/mol. The molecule has 182 valence electrons. The fourth-order valence-corrected chi connectivity index (χ4v) is 4.47. The molecule has 2 heterocycles. The molecule has 4 aromatic rings. The first-order valence-corrected chi connectivity index (χ1v) is 11.8. The second kappa shape index (κ2) is 10.1. The van der Waals surface area contributed by atoms with Gasteiger partial charge in [-0.1, -0.05) is 52.6 Å². The van der Waals surface area contributed by atoms with Crippen LogP contribution < -0.4 is 10.1 Å². The number of carbonyl (C=O) groups is 1. The molecule has 9 heteroatoms. The predicted octanol–water partition coefficient (Wildman–Crippen LogP) is 6.60. The zero-order chi connectivity index (χ0) is 25.3. The Labute approximate surface area is 214 Å². The lowest BCUT2D eigenvalue weighted by atomic mass is 10.1. The van der Waals surface area contributed by atoms with Crippen LogP contribution in [0.15, 0.2) is 40.9 Å². The third-order valence-electron chi connectivity index (χ3n) is 5.96. The molecule has 0 saturated heterocycles. The van der Waals surface area contributed by atoms with Crippen LogP contribution in [0.2, 0.25) is 10.0 Å². The number of rotatable bonds is 7. The highest BCUT2D eigenvalue weighted by Crippen LogP contribution is 2.29. The minimum absolute atomic E-state index is 0.159. The molecule has 7 nitrogen and oxygen atoms in total. The van der Waals surface area contributed by atoms with Gasteiger partial charge >= 0.3 is 0 Å². The van der Waals surface area contributed by atoms with E-state index in [0.717, 1.165) is 28.1 Å². The third kappa shape index (κ3) is 5.06. The van der Waals surface area contributed by atoms with Crippen molar-refractivity contribution in [3.63, 3.8) is 0 Å². The zero-order valence-electron chi connectivity index (χ0n) is 20.2. The van der Waals surface area contributed by atoms with Gasteiger partial charge in [-0.3, -0.25) is 9.48 Å². The number of carbonyl (C=O) groups excluding carboxylic acids is 1. The quantitative estimate of drug-likeness (QED) is 0.301. The van der Waals surface area contributed by atoms with Gasteiger partial charge in [0.15, 0.2) is 5.69 Å². The molecule has 0 fully saturated rings. The second-order valence-corrected chi connectivity index (χ2v) is 9.25. The van der Waals surface area contributed by atoms with Gasteiger partial charge in [-0.25, -0.2) is 0 Å². The first-order valence-electron chi connectivity index (χ1n) is 11.1. The highest BCUT2D eigenvalue weighted by Gasteiger charge is 2.24. The summed E-state index contributed by atoms with van der Waals surface area (Å²) in [5.74, 6) is 0.910. The number of para-hydroxylation sites is 1. The van der Waals surface area contributed by atoms with Crippen LogP contribution in [0.5, 0.6) is 5.75 Å². The predicted molar refractivity (Wildman–Crippen MR) is 137 cm³/mol. The smallest absolute Gasteiger partial charge is 0.278 e. The summed E-state index contributed by atoms with van der Waals surface area (Å²) in [5.41, 5.74) is 5.58. The maximum atomic E-state index is 13.2. The number of anilines is 1. The zero-order valence-corrected chi connectivity index (χ0v) is 21.7. The average Bonchev–Trinajstić information content (AvgIpc) is 3.30. The van der Waals surface area contributed by atoms with E-state index in [-0.39, 0.29) is 12.3 Å². The van der Waals surface area contributed by atoms with Crippen LogP contribution in [0.3, 0.4) is 0 Å². The van der Waals surface area contributed by atoms with Crippen LogP contribution >= 0.6 is 23.2 Å². The molecule has 0 bridgehead atoms. The topological polar surface area (TPSA) is 82.2 Å². The number of nitrogens with zero attached hydrogens (tertiary/aromatic N) is 3. The van der Waals surface area contributed by atoms with Gasteiger partial charge in [0.05, 0.1) is 29.2 Å². The van der Waals surface area contributed by atoms with Crippen molar-refractivity contribution in [3.8, 4) is 5.75 Å². The summed E-state index contributed by atoms with van der Waals surface area (Å²) in [7, 11) is 0. The lowest BCUT2D eigenvalue weighted by Crippen LogP contribution is -2.16. The fourth-order valence-electron chi connectivity index (χ4n) is 3.95. The molecule has 0 radical (unpaired) electrons. The van der Waals surface area contributed by atoms with E-state index in [1.807, 2.05) is 45.9 Å². The first-order chi connectivity index (χ1) is 16.7. The van der Waals surface area contributed by atoms with Crippen molar-refractivity contribution < 1.29 is 14.1 Å². The van der Waals surface area contributed by atoms with Crippen LogP contribution in [0.4, 0.5) is 5.69 Å². The Bertz CT molecular complexity index is 1370. The lowest BCUT2D eigenvalue weighted by molar-refractivity contribution is 0.101. The third-order valence-corrected chi connectivity index (χ3v) is 6.67. The number of hydrogen-bond donors (Lipinski definition) is 1. The summed E-state index contributed by atoms with van der Waals surface area (Å²) < 4.78 is 13.1. The maximum absolute atomic E-state index is 13.2. The first kappa shape index (κ1) is 24.8. The molecule has 0 atom stereocenters. The minimum Gasteiger partial charge on any atom is -0.488 e. The number of ether oxygens (including phenoxy) is 1. The van der Waals surface area contributed by atoms with Gasteiger partial charge in [-0.2, -0.15) is 5.10 Å². The van der Waals surface area contributed by atoms with E-state index in [0.29, 0.717) is 39.3 Å². The molecular weight excluding hydrogens is 487 g/mol. The Kier molecular flexibility index (Phi) is 7.19. The standard InChI is InChI=1S/C26H26Cl2N4O3/c1-14-8-6-9-15(2)25(14)34-13-20-18(5)35-31-24(20)26(33)29-23-16(3)30-32(17(23)4)12-19-21(27)10-7-11-22(19)28/h6-11H,12-13H2,1-5H3,(H,29,33). The molecular formula is C26H26Cl2N4O3. The van der Waals surface area contributed by atoms with Crippen LogP contribution in [0.25, 0.3) is 0 Å². The Balaban J connectivity index is 1.55. The Morgan fingerprint density at radius 2 is 1.63 bits per heavy atom. The number of nitrogens with one attached hydrogen (secondary N) is 1. The van der Waals surface area contributed by atoms with E-state index >= 15 is 0 Å². The van der Waals surface area contributed by atoms with Crippen molar-refractivity contribution in [2.45, 2.75) is 47.8 Å². The maximum Gasteiger partial charge on any atom is 0.278 e. The minimum atomic E-state index is -0.400. The summed E-state index contributed by atoms with van der Waals surface area (Å²) in [6.07, 6.45) is 0. The molecule has 1 amide bonds. The van der Waals surface area contributed by atoms with E-state index in [9.17, 15) is 4.79 Å². The normalized spacial score (nSPS) is 11.1. The molecule has 35 heavy (non-hydrogen) atoms. The number of hydrogen-bond acceptors (Lipinski definition) is 5. The molecule has 1 N–H and O–H groups in total. The Hall–Kier alpha value is -3.29. The van der Waals surface area contributed by atoms with E-state index in [1.165, 1.54) is 0 Å². The lowest BCUT2D eigenvalue weighted by Gasteiger charge is -2.12. The number of halogens is 2. The average molecular weight is 513 g/mol. The van der Waals surface area contributed by atoms with Crippen molar-refractivity contribution in [3.05, 3.63) is 91.5 Å². The summed E-state index contributed by atoms with van der Waals surface area (Å²) in [4.78, 5) is 13.2. The number of aryl methyl sites for hydroxylation is 4. The van der Waals surface area contributed by atoms with Crippen molar-refractivity contribution >= 4 is 34.8 Å². The molecule has 0 unspecified atom stereocenters. The Morgan fingerprint density at radius 1 is 1.00 bits per heavy atom. The van der Waals surface area contributed by atoms with Gasteiger partial charge in [-0.15, -0.1) is 0 Å². The van der Waals surface area contributed by atoms with E-state index < -0.39 is 5.91 Å². The van der Waals surface area contributed by atoms with Crippen molar-refractivity contribution in [2.75, 3.05) is 5.32 Å². The summed E-state index contributed by atoms with van der Waals surface area (Å²) >= 11 is 12.7. The van der Waals surface area contributed by atoms with E-state index in [4.69, 9.17) is 32.5 Å².